The fraction of sp³-hybridized carbons (Fsp3) is 0.842. The Hall–Kier alpha value is -1.11. The molecule has 0 amide bonds. The van der Waals surface area contributed by atoms with Gasteiger partial charge in [0.2, 0.25) is 0 Å². The van der Waals surface area contributed by atoms with Crippen molar-refractivity contribution in [3.8, 4) is 0 Å². The van der Waals surface area contributed by atoms with E-state index in [1.54, 1.807) is 0 Å². The lowest BCUT2D eigenvalue weighted by Crippen LogP contribution is -1.97. The van der Waals surface area contributed by atoms with Gasteiger partial charge in [0.25, 0.3) is 0 Å². The Morgan fingerprint density at radius 1 is 0.425 bits per heavy atom. The molecule has 0 saturated heterocycles. The maximum Gasteiger partial charge on any atom is 0.116 e. The largest absolute Gasteiger partial charge is 0.381 e. The first-order valence-electron chi connectivity index (χ1n) is 17.8. The number of hydrogen-bond acceptors (Lipinski definition) is 2. The maximum atomic E-state index is 8.57. The van der Waals surface area contributed by atoms with E-state index in [-0.39, 0.29) is 0 Å². The summed E-state index contributed by atoms with van der Waals surface area (Å²) < 4.78 is 5.85. The zero-order chi connectivity index (χ0) is 29.5. The van der Waals surface area contributed by atoms with E-state index < -0.39 is 0 Å². The molecule has 0 atom stereocenters. The molecular weight excluding hydrogens is 488 g/mol. The van der Waals surface area contributed by atoms with E-state index in [9.17, 15) is 0 Å². The van der Waals surface area contributed by atoms with Gasteiger partial charge in [-0.15, -0.1) is 0 Å². The molecule has 0 unspecified atom stereocenters. The summed E-state index contributed by atoms with van der Waals surface area (Å²) in [6.07, 6.45) is 48.1. The highest BCUT2D eigenvalue weighted by atomic mass is 16.5. The van der Waals surface area contributed by atoms with Gasteiger partial charge in [-0.1, -0.05) is 154 Å². The molecule has 2 heteroatoms. The zero-order valence-electron chi connectivity index (χ0n) is 27.5. The van der Waals surface area contributed by atoms with E-state index in [1.165, 1.54) is 186 Å². The maximum absolute atomic E-state index is 8.57. The van der Waals surface area contributed by atoms with Crippen molar-refractivity contribution >= 4 is 5.94 Å². The van der Waals surface area contributed by atoms with E-state index in [2.05, 4.69) is 44.7 Å². The summed E-state index contributed by atoms with van der Waals surface area (Å²) in [5.41, 5.74) is 0. The molecule has 0 rings (SSSR count). The third-order valence-electron chi connectivity index (χ3n) is 7.60. The number of rotatable bonds is 32. The summed E-state index contributed by atoms with van der Waals surface area (Å²) in [4.78, 5) is 8.57. The summed E-state index contributed by atoms with van der Waals surface area (Å²) in [6, 6.07) is 0. The van der Waals surface area contributed by atoms with E-state index >= 15 is 0 Å². The predicted molar refractivity (Wildman–Crippen MR) is 181 cm³/mol. The molecule has 0 bridgehead atoms. The van der Waals surface area contributed by atoms with Gasteiger partial charge in [-0.3, -0.25) is 0 Å². The second kappa shape index (κ2) is 42.4. The van der Waals surface area contributed by atoms with E-state index in [1.807, 2.05) is 0 Å². The highest BCUT2D eigenvalue weighted by molar-refractivity contribution is 5.38. The van der Waals surface area contributed by atoms with Crippen LogP contribution in [0.25, 0.3) is 0 Å². The molecule has 0 aliphatic carbocycles. The van der Waals surface area contributed by atoms with Crippen LogP contribution in [0.1, 0.15) is 194 Å². The number of hydrogen-bond donors (Lipinski definition) is 0. The first kappa shape index (κ1) is 41.0. The highest BCUT2D eigenvalue weighted by Gasteiger charge is 1.95. The van der Waals surface area contributed by atoms with Gasteiger partial charge in [0.05, 0.1) is 0 Å². The Kier molecular flexibility index (Phi) is 43.4. The van der Waals surface area contributed by atoms with Gasteiger partial charge in [0.1, 0.15) is 5.94 Å². The summed E-state index contributed by atoms with van der Waals surface area (Å²) in [5, 5.41) is 0. The Bertz CT molecular complexity index is 476. The molecule has 0 aromatic carbocycles. The minimum atomic E-state index is 0.978. The lowest BCUT2D eigenvalue weighted by molar-refractivity contribution is 0.125. The monoisotopic (exact) mass is 561 g/mol. The van der Waals surface area contributed by atoms with Crippen LogP contribution in [0.4, 0.5) is 0 Å². The molecule has 0 radical (unpaired) electrons. The van der Waals surface area contributed by atoms with Crippen molar-refractivity contribution in [1.29, 1.82) is 0 Å². The molecule has 236 valence electrons. The van der Waals surface area contributed by atoms with Gasteiger partial charge >= 0.3 is 0 Å². The smallest absolute Gasteiger partial charge is 0.116 e. The second-order valence-electron chi connectivity index (χ2n) is 11.6. The van der Waals surface area contributed by atoms with Crippen LogP contribution in [-0.4, -0.2) is 19.2 Å². The van der Waals surface area contributed by atoms with Crippen molar-refractivity contribution in [3.63, 3.8) is 0 Å². The van der Waals surface area contributed by atoms with E-state index in [0.717, 1.165) is 13.2 Å². The lowest BCUT2D eigenvalue weighted by Gasteiger charge is -2.05. The molecule has 0 aliphatic rings. The molecule has 0 saturated carbocycles. The van der Waals surface area contributed by atoms with Gasteiger partial charge in [-0.05, 0) is 70.8 Å². The standard InChI is InChI=1S/C36H70O.C2H2O/c1-3-5-7-9-11-13-15-17-19-21-23-25-27-29-31-33-35-37-36-34-32-30-28-26-24-22-20-18-16-14-12-10-8-6-4-2;1-2-3/h17-20H,3-16,21-36H2,1-2H3;1H2. The summed E-state index contributed by atoms with van der Waals surface area (Å²) in [5.74, 6) is 1.25. The van der Waals surface area contributed by atoms with Crippen molar-refractivity contribution in [3.05, 3.63) is 30.9 Å². The molecule has 0 fully saturated rings. The molecule has 2 nitrogen and oxygen atoms in total. The predicted octanol–water partition coefficient (Wildman–Crippen LogP) is 13.1. The van der Waals surface area contributed by atoms with Crippen molar-refractivity contribution in [2.45, 2.75) is 194 Å². The normalized spacial score (nSPS) is 11.2. The molecule has 0 N–H and O–H groups in total. The number of unbranched alkanes of at least 4 members (excludes halogenated alkanes) is 24. The minimum absolute atomic E-state index is 0.978. The average molecular weight is 561 g/mol. The van der Waals surface area contributed by atoms with Crippen LogP contribution in [-0.2, 0) is 9.53 Å². The van der Waals surface area contributed by atoms with Gasteiger partial charge in [-0.25, -0.2) is 4.79 Å². The molecular formula is C38H72O2. The van der Waals surface area contributed by atoms with Crippen LogP contribution < -0.4 is 0 Å². The Labute approximate surface area is 252 Å². The Morgan fingerprint density at radius 3 is 0.925 bits per heavy atom. The first-order chi connectivity index (χ1) is 19.8. The molecule has 0 aromatic heterocycles. The third-order valence-corrected chi connectivity index (χ3v) is 7.60. The first-order valence-corrected chi connectivity index (χ1v) is 17.8. The number of carbonyl (C=O) groups excluding carboxylic acids is 1. The highest BCUT2D eigenvalue weighted by Crippen LogP contribution is 2.12. The van der Waals surface area contributed by atoms with Crippen molar-refractivity contribution < 1.29 is 9.53 Å². The van der Waals surface area contributed by atoms with Crippen LogP contribution in [0.15, 0.2) is 30.9 Å². The van der Waals surface area contributed by atoms with Crippen LogP contribution >= 0.6 is 0 Å². The van der Waals surface area contributed by atoms with Gasteiger partial charge in [0.15, 0.2) is 0 Å². The molecule has 0 heterocycles. The van der Waals surface area contributed by atoms with E-state index in [0.29, 0.717) is 0 Å². The van der Waals surface area contributed by atoms with Crippen LogP contribution in [0.5, 0.6) is 0 Å². The Balaban J connectivity index is 0. The van der Waals surface area contributed by atoms with Crippen LogP contribution in [0, 0.1) is 0 Å². The summed E-state index contributed by atoms with van der Waals surface area (Å²) in [7, 11) is 0. The molecule has 0 spiro atoms. The van der Waals surface area contributed by atoms with Crippen LogP contribution in [0.2, 0.25) is 0 Å². The van der Waals surface area contributed by atoms with Gasteiger partial charge in [0, 0.05) is 13.2 Å². The second-order valence-corrected chi connectivity index (χ2v) is 11.6. The fourth-order valence-electron chi connectivity index (χ4n) is 5.01. The molecule has 0 aromatic rings. The SMILES string of the molecule is C=C=O.CCCCCCCCC=CCCCCCCCCOCCCCCCCCC=CCCCCCCCC. The number of ether oxygens (including phenoxy) is 1. The summed E-state index contributed by atoms with van der Waals surface area (Å²) in [6.45, 7) is 9.22. The van der Waals surface area contributed by atoms with E-state index in [4.69, 9.17) is 9.53 Å². The number of allylic oxidation sites excluding steroid dienone is 4. The average Bonchev–Trinajstić information content (AvgIpc) is 2.96. The van der Waals surface area contributed by atoms with Crippen LogP contribution in [0.3, 0.4) is 0 Å². The fourth-order valence-corrected chi connectivity index (χ4v) is 5.01. The third kappa shape index (κ3) is 43.9. The molecule has 40 heavy (non-hydrogen) atoms. The van der Waals surface area contributed by atoms with Crippen molar-refractivity contribution in [2.75, 3.05) is 13.2 Å². The van der Waals surface area contributed by atoms with Crippen molar-refractivity contribution in [2.24, 2.45) is 0 Å². The topological polar surface area (TPSA) is 26.3 Å². The zero-order valence-corrected chi connectivity index (χ0v) is 27.5. The van der Waals surface area contributed by atoms with Crippen molar-refractivity contribution in [1.82, 2.24) is 0 Å². The quantitative estimate of drug-likeness (QED) is 0.0464. The minimum Gasteiger partial charge on any atom is -0.381 e. The molecule has 0 aliphatic heterocycles. The van der Waals surface area contributed by atoms with Gasteiger partial charge < -0.3 is 4.74 Å². The summed E-state index contributed by atoms with van der Waals surface area (Å²) >= 11 is 0. The van der Waals surface area contributed by atoms with Gasteiger partial charge in [-0.2, -0.15) is 0 Å². The Morgan fingerprint density at radius 2 is 0.650 bits per heavy atom. The lowest BCUT2D eigenvalue weighted by atomic mass is 10.1.